The molecule has 0 saturated carbocycles. The van der Waals surface area contributed by atoms with Crippen LogP contribution in [0.3, 0.4) is 0 Å². The smallest absolute Gasteiger partial charge is 0.416 e. The number of benzene rings is 1. The SMILES string of the molecule is C\C=C(/C=C\C=C\CN1CCCC(CC)(CCCN(C)C)Oc2ccccc21)C(F)(F)F. The topological polar surface area (TPSA) is 15.7 Å². The van der Waals surface area contributed by atoms with Crippen molar-refractivity contribution in [2.24, 2.45) is 0 Å². The van der Waals surface area contributed by atoms with E-state index in [1.54, 1.807) is 6.08 Å². The normalized spacial score (nSPS) is 20.5. The maximum absolute atomic E-state index is 12.8. The lowest BCUT2D eigenvalue weighted by Gasteiger charge is -2.39. The predicted octanol–water partition coefficient (Wildman–Crippen LogP) is 6.78. The Morgan fingerprint density at radius 3 is 2.62 bits per heavy atom. The van der Waals surface area contributed by atoms with Gasteiger partial charge in [-0.05, 0) is 71.8 Å². The number of ether oxygens (including phenoxy) is 1. The third-order valence-corrected chi connectivity index (χ3v) is 5.96. The van der Waals surface area contributed by atoms with Gasteiger partial charge in [0.2, 0.25) is 0 Å². The van der Waals surface area contributed by atoms with Crippen LogP contribution in [-0.4, -0.2) is 50.4 Å². The number of hydrogen-bond acceptors (Lipinski definition) is 3. The molecular formula is C26H37F3N2O. The molecule has 2 rings (SSSR count). The van der Waals surface area contributed by atoms with Gasteiger partial charge in [0.05, 0.1) is 11.3 Å². The summed E-state index contributed by atoms with van der Waals surface area (Å²) in [6, 6.07) is 8.08. The molecule has 1 aromatic carbocycles. The van der Waals surface area contributed by atoms with Crippen molar-refractivity contribution in [1.82, 2.24) is 4.90 Å². The van der Waals surface area contributed by atoms with Gasteiger partial charge in [0.1, 0.15) is 11.4 Å². The van der Waals surface area contributed by atoms with E-state index in [0.717, 1.165) is 68.8 Å². The third kappa shape index (κ3) is 7.73. The van der Waals surface area contributed by atoms with Gasteiger partial charge in [-0.3, -0.25) is 0 Å². The van der Waals surface area contributed by atoms with E-state index in [-0.39, 0.29) is 5.60 Å². The number of rotatable bonds is 9. The van der Waals surface area contributed by atoms with E-state index >= 15 is 0 Å². The van der Waals surface area contributed by atoms with Gasteiger partial charge in [0, 0.05) is 13.1 Å². The molecule has 178 valence electrons. The minimum absolute atomic E-state index is 0.155. The summed E-state index contributed by atoms with van der Waals surface area (Å²) < 4.78 is 45.1. The maximum atomic E-state index is 12.8. The Bertz CT molecular complexity index is 799. The van der Waals surface area contributed by atoms with Gasteiger partial charge in [0.25, 0.3) is 0 Å². The van der Waals surface area contributed by atoms with Gasteiger partial charge in [-0.15, -0.1) is 0 Å². The Labute approximate surface area is 191 Å². The highest BCUT2D eigenvalue weighted by Gasteiger charge is 2.33. The standard InChI is InChI=1S/C26H37F3N2O/c1-5-22(26(27,28)29)14-8-7-11-20-31-21-13-18-25(6-2,17-12-19-30(3)4)32-24-16-10-9-15-23(24)31/h5,7-11,14-16H,6,12-13,17-21H2,1-4H3/b11-7+,14-8-,22-5+. The first-order valence-corrected chi connectivity index (χ1v) is 11.4. The maximum Gasteiger partial charge on any atom is 0.416 e. The summed E-state index contributed by atoms with van der Waals surface area (Å²) in [7, 11) is 4.19. The van der Waals surface area contributed by atoms with Gasteiger partial charge in [-0.1, -0.05) is 49.4 Å². The zero-order valence-corrected chi connectivity index (χ0v) is 19.8. The first kappa shape index (κ1) is 26.0. The number of allylic oxidation sites excluding steroid dienone is 5. The summed E-state index contributed by atoms with van der Waals surface area (Å²) in [5, 5.41) is 0. The van der Waals surface area contributed by atoms with Crippen LogP contribution in [0.4, 0.5) is 18.9 Å². The van der Waals surface area contributed by atoms with Crippen molar-refractivity contribution in [2.45, 2.75) is 57.7 Å². The molecule has 3 nitrogen and oxygen atoms in total. The first-order valence-electron chi connectivity index (χ1n) is 11.4. The minimum Gasteiger partial charge on any atom is -0.485 e. The first-order chi connectivity index (χ1) is 15.2. The highest BCUT2D eigenvalue weighted by Crippen LogP contribution is 2.38. The predicted molar refractivity (Wildman–Crippen MR) is 127 cm³/mol. The summed E-state index contributed by atoms with van der Waals surface area (Å²) in [4.78, 5) is 4.44. The van der Waals surface area contributed by atoms with Crippen LogP contribution >= 0.6 is 0 Å². The molecule has 0 N–H and O–H groups in total. The second-order valence-electron chi connectivity index (χ2n) is 8.59. The lowest BCUT2D eigenvalue weighted by molar-refractivity contribution is -0.0883. The Hall–Kier alpha value is -2.21. The van der Waals surface area contributed by atoms with Crippen LogP contribution in [0.5, 0.6) is 5.75 Å². The molecule has 1 heterocycles. The number of fused-ring (bicyclic) bond motifs is 1. The summed E-state index contributed by atoms with van der Waals surface area (Å²) in [5.41, 5.74) is 0.241. The monoisotopic (exact) mass is 450 g/mol. The van der Waals surface area contributed by atoms with Crippen LogP contribution in [-0.2, 0) is 0 Å². The highest BCUT2D eigenvalue weighted by molar-refractivity contribution is 5.59. The van der Waals surface area contributed by atoms with E-state index < -0.39 is 11.7 Å². The number of alkyl halides is 3. The fraction of sp³-hybridized carbons (Fsp3) is 0.538. The van der Waals surface area contributed by atoms with Gasteiger partial charge >= 0.3 is 6.18 Å². The molecule has 32 heavy (non-hydrogen) atoms. The summed E-state index contributed by atoms with van der Waals surface area (Å²) in [5.74, 6) is 0.885. The molecule has 0 aromatic heterocycles. The van der Waals surface area contributed by atoms with Crippen LogP contribution in [0.15, 0.2) is 60.2 Å². The Kier molecular flexibility index (Phi) is 9.88. The molecule has 0 amide bonds. The van der Waals surface area contributed by atoms with Crippen molar-refractivity contribution < 1.29 is 17.9 Å². The van der Waals surface area contributed by atoms with E-state index in [1.807, 2.05) is 24.3 Å². The summed E-state index contributed by atoms with van der Waals surface area (Å²) in [6.07, 6.45) is 7.94. The molecule has 0 bridgehead atoms. The van der Waals surface area contributed by atoms with E-state index in [2.05, 4.69) is 36.9 Å². The van der Waals surface area contributed by atoms with Crippen molar-refractivity contribution in [3.8, 4) is 5.75 Å². The highest BCUT2D eigenvalue weighted by atomic mass is 19.4. The number of nitrogens with zero attached hydrogens (tertiary/aromatic N) is 2. The fourth-order valence-electron chi connectivity index (χ4n) is 4.09. The van der Waals surface area contributed by atoms with Crippen molar-refractivity contribution in [2.75, 3.05) is 38.6 Å². The zero-order chi connectivity index (χ0) is 23.6. The molecule has 1 unspecified atom stereocenters. The molecule has 1 aliphatic rings. The summed E-state index contributed by atoms with van der Waals surface area (Å²) >= 11 is 0. The number of para-hydroxylation sites is 2. The van der Waals surface area contributed by atoms with Crippen molar-refractivity contribution in [3.63, 3.8) is 0 Å². The third-order valence-electron chi connectivity index (χ3n) is 5.96. The quantitative estimate of drug-likeness (QED) is 0.386. The molecular weight excluding hydrogens is 413 g/mol. The molecule has 0 aliphatic carbocycles. The second-order valence-corrected chi connectivity index (χ2v) is 8.59. The lowest BCUT2D eigenvalue weighted by atomic mass is 9.88. The molecule has 0 fully saturated rings. The average molecular weight is 451 g/mol. The van der Waals surface area contributed by atoms with Gasteiger partial charge < -0.3 is 14.5 Å². The molecule has 1 aromatic rings. The Morgan fingerprint density at radius 1 is 1.22 bits per heavy atom. The van der Waals surface area contributed by atoms with Crippen molar-refractivity contribution >= 4 is 5.69 Å². The number of halogens is 3. The van der Waals surface area contributed by atoms with Crippen LogP contribution in [0.1, 0.15) is 46.0 Å². The van der Waals surface area contributed by atoms with E-state index in [1.165, 1.54) is 13.0 Å². The molecule has 1 atom stereocenters. The number of anilines is 1. The number of hydrogen-bond donors (Lipinski definition) is 0. The molecule has 6 heteroatoms. The fourth-order valence-corrected chi connectivity index (χ4v) is 4.09. The zero-order valence-electron chi connectivity index (χ0n) is 19.8. The van der Waals surface area contributed by atoms with Crippen LogP contribution in [0.25, 0.3) is 0 Å². The largest absolute Gasteiger partial charge is 0.485 e. The van der Waals surface area contributed by atoms with Crippen LogP contribution in [0, 0.1) is 0 Å². The molecule has 0 radical (unpaired) electrons. The van der Waals surface area contributed by atoms with E-state index in [0.29, 0.717) is 6.54 Å². The molecule has 0 saturated heterocycles. The lowest BCUT2D eigenvalue weighted by Crippen LogP contribution is -2.40. The van der Waals surface area contributed by atoms with Crippen LogP contribution in [0.2, 0.25) is 0 Å². The van der Waals surface area contributed by atoms with Gasteiger partial charge in [0.15, 0.2) is 0 Å². The second kappa shape index (κ2) is 12.1. The van der Waals surface area contributed by atoms with Crippen molar-refractivity contribution in [1.29, 1.82) is 0 Å². The van der Waals surface area contributed by atoms with Crippen molar-refractivity contribution in [3.05, 3.63) is 60.2 Å². The average Bonchev–Trinajstić information content (AvgIpc) is 2.72. The summed E-state index contributed by atoms with van der Waals surface area (Å²) in [6.45, 7) is 6.13. The van der Waals surface area contributed by atoms with Gasteiger partial charge in [-0.2, -0.15) is 13.2 Å². The Balaban J connectivity index is 2.11. The minimum atomic E-state index is -4.32. The van der Waals surface area contributed by atoms with Gasteiger partial charge in [-0.25, -0.2) is 0 Å². The molecule has 1 aliphatic heterocycles. The molecule has 0 spiro atoms. The van der Waals surface area contributed by atoms with Crippen LogP contribution < -0.4 is 9.64 Å². The van der Waals surface area contributed by atoms with E-state index in [9.17, 15) is 13.2 Å². The van der Waals surface area contributed by atoms with E-state index in [4.69, 9.17) is 4.74 Å². The Morgan fingerprint density at radius 2 is 1.97 bits per heavy atom.